The number of hydrogen-bond donors (Lipinski definition) is 5. The summed E-state index contributed by atoms with van der Waals surface area (Å²) < 4.78 is 11.2. The lowest BCUT2D eigenvalue weighted by Gasteiger charge is -2.21. The smallest absolute Gasteiger partial charge is 0.340 e. The minimum atomic E-state index is -5.07. The number of nitrogen functional groups attached to an aromatic ring is 1. The molecule has 0 amide bonds. The molecule has 0 aromatic heterocycles. The second-order valence-corrected chi connectivity index (χ2v) is 6.33. The van der Waals surface area contributed by atoms with Crippen LogP contribution in [0.3, 0.4) is 0 Å². The maximum Gasteiger partial charge on any atom is 0.340 e. The van der Waals surface area contributed by atoms with E-state index in [9.17, 15) is 14.2 Å². The molecule has 0 heterocycles. The Bertz CT molecular complexity index is 565. The van der Waals surface area contributed by atoms with Gasteiger partial charge in [-0.1, -0.05) is 12.1 Å². The van der Waals surface area contributed by atoms with Crippen molar-refractivity contribution in [3.63, 3.8) is 0 Å². The van der Waals surface area contributed by atoms with Gasteiger partial charge in [0.15, 0.2) is 5.66 Å². The van der Waals surface area contributed by atoms with Gasteiger partial charge < -0.3 is 25.7 Å². The van der Waals surface area contributed by atoms with Crippen LogP contribution in [0.4, 0.5) is 5.69 Å². The van der Waals surface area contributed by atoms with E-state index in [4.69, 9.17) is 25.7 Å². The number of carboxylic acid groups (broad SMARTS) is 2. The highest BCUT2D eigenvalue weighted by Crippen LogP contribution is 2.46. The Hall–Kier alpha value is -1.89. The maximum atomic E-state index is 11.2. The predicted molar refractivity (Wildman–Crippen MR) is 73.8 cm³/mol. The fourth-order valence-corrected chi connectivity index (χ4v) is 3.01. The molecule has 1 rings (SSSR count). The van der Waals surface area contributed by atoms with Crippen LogP contribution >= 0.6 is 7.60 Å². The number of anilines is 1. The monoisotopic (exact) mass is 317 g/mol. The molecule has 2 unspecified atom stereocenters. The Balaban J connectivity index is 2.91. The van der Waals surface area contributed by atoms with Crippen LogP contribution in [-0.2, 0) is 20.6 Å². The van der Waals surface area contributed by atoms with Gasteiger partial charge in [0.1, 0.15) is 0 Å². The summed E-state index contributed by atoms with van der Waals surface area (Å²) in [7, 11) is -5.07. The minimum absolute atomic E-state index is 0.168. The molecular weight excluding hydrogens is 301 g/mol. The number of hydrogen-bond acceptors (Lipinski definition) is 4. The van der Waals surface area contributed by atoms with Crippen LogP contribution in [0.5, 0.6) is 0 Å². The third-order valence-electron chi connectivity index (χ3n) is 3.04. The quantitative estimate of drug-likeness (QED) is 0.360. The van der Waals surface area contributed by atoms with Gasteiger partial charge in [-0.2, -0.15) is 0 Å². The number of aryl methyl sites for hydroxylation is 1. The topological polar surface area (TPSA) is 158 Å². The van der Waals surface area contributed by atoms with E-state index >= 15 is 0 Å². The highest BCUT2D eigenvalue weighted by Gasteiger charge is 2.45. The molecule has 2 atom stereocenters. The molecule has 0 saturated carbocycles. The third-order valence-corrected chi connectivity index (χ3v) is 4.34. The van der Waals surface area contributed by atoms with Crippen molar-refractivity contribution >= 4 is 25.2 Å². The van der Waals surface area contributed by atoms with E-state index in [1.165, 1.54) is 0 Å². The predicted octanol–water partition coefficient (Wildman–Crippen LogP) is 0.533. The number of carbonyl (C=O) groups is 2. The Morgan fingerprint density at radius 3 is 2.00 bits per heavy atom. The van der Waals surface area contributed by atoms with Crippen molar-refractivity contribution in [1.82, 2.24) is 0 Å². The minimum Gasteiger partial charge on any atom is -0.481 e. The number of nitrogens with two attached hydrogens (primary N) is 1. The molecule has 0 fully saturated rings. The molecule has 0 radical (unpaired) electrons. The number of rotatable bonds is 7. The molecule has 0 saturated heterocycles. The lowest BCUT2D eigenvalue weighted by Crippen LogP contribution is -2.35. The summed E-state index contributed by atoms with van der Waals surface area (Å²) in [6, 6.07) is 6.48. The summed E-state index contributed by atoms with van der Waals surface area (Å²) in [6.45, 7) is 0. The SMILES string of the molecule is Nc1ccc(CCC(C(=O)O)C(C(=O)O)P(=O)(O)O)cc1. The molecule has 8 nitrogen and oxygen atoms in total. The molecule has 0 aliphatic carbocycles. The average Bonchev–Trinajstić information content (AvgIpc) is 2.33. The summed E-state index contributed by atoms with van der Waals surface area (Å²) >= 11 is 0. The van der Waals surface area contributed by atoms with E-state index in [1.54, 1.807) is 24.3 Å². The average molecular weight is 317 g/mol. The molecule has 1 aromatic carbocycles. The Morgan fingerprint density at radius 1 is 1.10 bits per heavy atom. The third kappa shape index (κ3) is 4.86. The van der Waals surface area contributed by atoms with E-state index in [1.807, 2.05) is 0 Å². The van der Waals surface area contributed by atoms with E-state index in [2.05, 4.69) is 0 Å². The van der Waals surface area contributed by atoms with Gasteiger partial charge in [-0.15, -0.1) is 0 Å². The van der Waals surface area contributed by atoms with Gasteiger partial charge >= 0.3 is 19.5 Å². The first-order valence-electron chi connectivity index (χ1n) is 5.98. The largest absolute Gasteiger partial charge is 0.481 e. The van der Waals surface area contributed by atoms with Crippen molar-refractivity contribution in [3.8, 4) is 0 Å². The van der Waals surface area contributed by atoms with Gasteiger partial charge in [0.2, 0.25) is 0 Å². The van der Waals surface area contributed by atoms with Crippen molar-refractivity contribution in [2.24, 2.45) is 5.92 Å². The van der Waals surface area contributed by atoms with Crippen molar-refractivity contribution in [3.05, 3.63) is 29.8 Å². The zero-order valence-corrected chi connectivity index (χ0v) is 11.8. The molecule has 0 aliphatic rings. The second kappa shape index (κ2) is 6.71. The van der Waals surface area contributed by atoms with Crippen molar-refractivity contribution < 1.29 is 34.2 Å². The first kappa shape index (κ1) is 17.2. The van der Waals surface area contributed by atoms with Gasteiger partial charge in [-0.3, -0.25) is 14.2 Å². The molecular formula is C12H16NO7P. The fourth-order valence-electron chi connectivity index (χ4n) is 1.97. The van der Waals surface area contributed by atoms with Gasteiger partial charge in [-0.05, 0) is 30.5 Å². The van der Waals surface area contributed by atoms with Crippen LogP contribution in [0.25, 0.3) is 0 Å². The molecule has 21 heavy (non-hydrogen) atoms. The molecule has 9 heteroatoms. The molecule has 6 N–H and O–H groups in total. The van der Waals surface area contributed by atoms with E-state index in [-0.39, 0.29) is 12.8 Å². The molecule has 0 aliphatic heterocycles. The lowest BCUT2D eigenvalue weighted by atomic mass is 9.96. The number of carboxylic acids is 2. The Morgan fingerprint density at radius 2 is 1.62 bits per heavy atom. The van der Waals surface area contributed by atoms with Crippen LogP contribution < -0.4 is 5.73 Å². The van der Waals surface area contributed by atoms with Gasteiger partial charge in [0, 0.05) is 5.69 Å². The maximum absolute atomic E-state index is 11.2. The summed E-state index contributed by atoms with van der Waals surface area (Å²) in [6.07, 6.45) is -0.0393. The molecule has 0 bridgehead atoms. The first-order chi connectivity index (χ1) is 9.62. The van der Waals surface area contributed by atoms with Crippen molar-refractivity contribution in [2.45, 2.75) is 18.5 Å². The lowest BCUT2D eigenvalue weighted by molar-refractivity contribution is -0.148. The Labute approximate surface area is 120 Å². The second-order valence-electron chi connectivity index (χ2n) is 4.60. The highest BCUT2D eigenvalue weighted by atomic mass is 31.2. The Kier molecular flexibility index (Phi) is 5.48. The van der Waals surface area contributed by atoms with Crippen molar-refractivity contribution in [2.75, 3.05) is 5.73 Å². The van der Waals surface area contributed by atoms with Gasteiger partial charge in [0.05, 0.1) is 5.92 Å². The van der Waals surface area contributed by atoms with Gasteiger partial charge in [0.25, 0.3) is 0 Å². The van der Waals surface area contributed by atoms with Crippen LogP contribution in [0.15, 0.2) is 24.3 Å². The zero-order valence-electron chi connectivity index (χ0n) is 10.9. The normalized spacial score (nSPS) is 14.4. The fraction of sp³-hybridized carbons (Fsp3) is 0.333. The first-order valence-corrected chi connectivity index (χ1v) is 7.66. The van der Waals surface area contributed by atoms with Crippen LogP contribution in [0.2, 0.25) is 0 Å². The van der Waals surface area contributed by atoms with E-state index in [0.29, 0.717) is 11.3 Å². The number of benzene rings is 1. The number of aliphatic carboxylic acids is 2. The summed E-state index contributed by atoms with van der Waals surface area (Å²) in [5.41, 5.74) is 4.46. The molecule has 0 spiro atoms. The summed E-state index contributed by atoms with van der Waals surface area (Å²) in [5.74, 6) is -5.06. The van der Waals surface area contributed by atoms with Crippen LogP contribution in [0.1, 0.15) is 12.0 Å². The highest BCUT2D eigenvalue weighted by molar-refractivity contribution is 7.53. The van der Waals surface area contributed by atoms with E-state index < -0.39 is 31.1 Å². The summed E-state index contributed by atoms with van der Waals surface area (Å²) in [4.78, 5) is 40.2. The standard InChI is InChI=1S/C12H16NO7P/c13-8-4-1-7(2-5-8)3-6-9(11(14)15)10(12(16)17)21(18,19)20/h1-2,4-5,9-10H,3,6,13H2,(H,14,15)(H,16,17)(H2,18,19,20). The van der Waals surface area contributed by atoms with Crippen molar-refractivity contribution in [1.29, 1.82) is 0 Å². The molecule has 116 valence electrons. The van der Waals surface area contributed by atoms with E-state index in [0.717, 1.165) is 0 Å². The van der Waals surface area contributed by atoms with Crippen LogP contribution in [-0.4, -0.2) is 37.6 Å². The van der Waals surface area contributed by atoms with Gasteiger partial charge in [-0.25, -0.2) is 0 Å². The van der Waals surface area contributed by atoms with Crippen LogP contribution in [0, 0.1) is 5.92 Å². The summed E-state index contributed by atoms with van der Waals surface area (Å²) in [5, 5.41) is 17.9. The molecule has 1 aromatic rings. The zero-order chi connectivity index (χ0) is 16.2.